The van der Waals surface area contributed by atoms with Crippen molar-refractivity contribution in [2.75, 3.05) is 19.8 Å². The maximum absolute atomic E-state index is 11.0. The van der Waals surface area contributed by atoms with Crippen molar-refractivity contribution >= 4 is 10.0 Å². The summed E-state index contributed by atoms with van der Waals surface area (Å²) in [5.41, 5.74) is -1.26. The van der Waals surface area contributed by atoms with E-state index in [0.717, 1.165) is 0 Å². The van der Waals surface area contributed by atoms with Crippen LogP contribution in [0.15, 0.2) is 21.6 Å². The molecule has 0 bridgehead atoms. The third-order valence-electron chi connectivity index (χ3n) is 2.46. The topological polar surface area (TPSA) is 146 Å². The summed E-state index contributed by atoms with van der Waals surface area (Å²) in [6.45, 7) is -1.43. The molecule has 6 N–H and O–H groups in total. The molecule has 0 unspecified atom stereocenters. The van der Waals surface area contributed by atoms with Crippen molar-refractivity contribution in [1.82, 2.24) is 5.32 Å². The predicted octanol–water partition coefficient (Wildman–Crippen LogP) is -2.27. The first-order valence-corrected chi connectivity index (χ1v) is 6.60. The summed E-state index contributed by atoms with van der Waals surface area (Å²) < 4.78 is 26.9. The minimum Gasteiger partial charge on any atom is -0.447 e. The molecule has 0 aliphatic rings. The minimum absolute atomic E-state index is 0.0250. The number of furan rings is 1. The van der Waals surface area contributed by atoms with Gasteiger partial charge in [-0.05, 0) is 12.1 Å². The van der Waals surface area contributed by atoms with Crippen LogP contribution in [0.5, 0.6) is 0 Å². The molecule has 1 aromatic heterocycles. The van der Waals surface area contributed by atoms with Crippen LogP contribution in [0.25, 0.3) is 0 Å². The molecular weight excluding hydrogens is 264 g/mol. The van der Waals surface area contributed by atoms with E-state index in [2.05, 4.69) is 5.32 Å². The van der Waals surface area contributed by atoms with E-state index < -0.39 is 35.4 Å². The van der Waals surface area contributed by atoms with Crippen LogP contribution in [0.1, 0.15) is 5.76 Å². The summed E-state index contributed by atoms with van der Waals surface area (Å²) in [5.74, 6) is 0.249. The maximum atomic E-state index is 11.0. The number of nitrogens with one attached hydrogen (secondary N) is 1. The van der Waals surface area contributed by atoms with E-state index in [4.69, 9.17) is 24.9 Å². The molecular formula is C9H16N2O6S. The second kappa shape index (κ2) is 5.78. The summed E-state index contributed by atoms with van der Waals surface area (Å²) in [5, 5.41) is 34.4. The number of hydrogen-bond donors (Lipinski definition) is 5. The third-order valence-corrected chi connectivity index (χ3v) is 3.24. The van der Waals surface area contributed by atoms with Gasteiger partial charge in [0.15, 0.2) is 0 Å². The van der Waals surface area contributed by atoms with Gasteiger partial charge in [-0.2, -0.15) is 0 Å². The molecule has 0 fully saturated rings. The van der Waals surface area contributed by atoms with Gasteiger partial charge in [0.05, 0.1) is 31.9 Å². The van der Waals surface area contributed by atoms with Gasteiger partial charge in [0.2, 0.25) is 5.09 Å². The minimum atomic E-state index is -3.90. The summed E-state index contributed by atoms with van der Waals surface area (Å²) in [4.78, 5) is 0. The summed E-state index contributed by atoms with van der Waals surface area (Å²) in [7, 11) is -3.90. The molecule has 1 aromatic rings. The lowest BCUT2D eigenvalue weighted by atomic mass is 10.0. The average Bonchev–Trinajstić information content (AvgIpc) is 2.80. The molecule has 8 nitrogen and oxygen atoms in total. The first-order valence-electron chi connectivity index (χ1n) is 5.06. The number of primary sulfonamides is 1. The number of nitrogens with two attached hydrogens (primary N) is 1. The van der Waals surface area contributed by atoms with Gasteiger partial charge in [0, 0.05) is 0 Å². The molecule has 18 heavy (non-hydrogen) atoms. The van der Waals surface area contributed by atoms with Crippen molar-refractivity contribution in [3.8, 4) is 0 Å². The highest BCUT2D eigenvalue weighted by atomic mass is 32.2. The second-order valence-corrected chi connectivity index (χ2v) is 5.37. The van der Waals surface area contributed by atoms with E-state index in [-0.39, 0.29) is 17.4 Å². The largest absolute Gasteiger partial charge is 0.447 e. The van der Waals surface area contributed by atoms with Crippen LogP contribution in [0.4, 0.5) is 0 Å². The molecule has 0 saturated heterocycles. The van der Waals surface area contributed by atoms with Crippen molar-refractivity contribution in [1.29, 1.82) is 0 Å². The van der Waals surface area contributed by atoms with Crippen LogP contribution in [0.3, 0.4) is 0 Å². The first-order chi connectivity index (χ1) is 8.37. The number of hydrogen-bond acceptors (Lipinski definition) is 7. The Morgan fingerprint density at radius 2 is 1.78 bits per heavy atom. The van der Waals surface area contributed by atoms with Crippen molar-refractivity contribution in [2.45, 2.75) is 17.2 Å². The molecule has 1 heterocycles. The average molecular weight is 280 g/mol. The smallest absolute Gasteiger partial charge is 0.271 e. The van der Waals surface area contributed by atoms with E-state index in [9.17, 15) is 8.42 Å². The zero-order chi connectivity index (χ0) is 13.8. The predicted molar refractivity (Wildman–Crippen MR) is 60.9 cm³/mol. The van der Waals surface area contributed by atoms with Crippen LogP contribution in [0.2, 0.25) is 0 Å². The molecule has 0 aliphatic heterocycles. The maximum Gasteiger partial charge on any atom is 0.271 e. The van der Waals surface area contributed by atoms with E-state index >= 15 is 0 Å². The highest BCUT2D eigenvalue weighted by molar-refractivity contribution is 7.89. The molecule has 0 spiro atoms. The Hall–Kier alpha value is -0.970. The molecule has 0 amide bonds. The van der Waals surface area contributed by atoms with E-state index in [1.54, 1.807) is 0 Å². The van der Waals surface area contributed by atoms with Crippen molar-refractivity contribution < 1.29 is 28.2 Å². The lowest BCUT2D eigenvalue weighted by molar-refractivity contribution is 0.0400. The Balaban J connectivity index is 2.72. The molecule has 1 rings (SSSR count). The van der Waals surface area contributed by atoms with E-state index in [1.165, 1.54) is 12.1 Å². The van der Waals surface area contributed by atoms with Crippen molar-refractivity contribution in [3.05, 3.63) is 17.9 Å². The Morgan fingerprint density at radius 1 is 1.22 bits per heavy atom. The number of aliphatic hydroxyl groups is 3. The zero-order valence-corrected chi connectivity index (χ0v) is 10.4. The summed E-state index contributed by atoms with van der Waals surface area (Å²) in [6.07, 6.45) is 0. The Morgan fingerprint density at radius 3 is 2.17 bits per heavy atom. The van der Waals surface area contributed by atoms with Crippen LogP contribution in [-0.4, -0.2) is 49.1 Å². The highest BCUT2D eigenvalue weighted by Gasteiger charge is 2.27. The Bertz CT molecular complexity index is 471. The molecule has 9 heteroatoms. The van der Waals surface area contributed by atoms with Gasteiger partial charge in [0.1, 0.15) is 5.76 Å². The van der Waals surface area contributed by atoms with Gasteiger partial charge in [-0.1, -0.05) is 0 Å². The van der Waals surface area contributed by atoms with Gasteiger partial charge < -0.3 is 19.7 Å². The first kappa shape index (κ1) is 15.1. The van der Waals surface area contributed by atoms with Gasteiger partial charge in [0.25, 0.3) is 10.0 Å². The van der Waals surface area contributed by atoms with Crippen molar-refractivity contribution in [3.63, 3.8) is 0 Å². The lowest BCUT2D eigenvalue weighted by Gasteiger charge is -2.28. The van der Waals surface area contributed by atoms with Crippen LogP contribution >= 0.6 is 0 Å². The Kier molecular flexibility index (Phi) is 4.85. The number of sulfonamides is 1. The fourth-order valence-corrected chi connectivity index (χ4v) is 1.68. The quantitative estimate of drug-likeness (QED) is 0.378. The zero-order valence-electron chi connectivity index (χ0n) is 9.54. The molecule has 0 aliphatic carbocycles. The molecule has 0 saturated carbocycles. The van der Waals surface area contributed by atoms with Crippen LogP contribution in [0, 0.1) is 0 Å². The normalized spacial score (nSPS) is 12.9. The monoisotopic (exact) mass is 280 g/mol. The Labute approximate surface area is 104 Å². The molecule has 0 atom stereocenters. The molecule has 0 aromatic carbocycles. The number of aliphatic hydroxyl groups excluding tert-OH is 3. The summed E-state index contributed by atoms with van der Waals surface area (Å²) in [6, 6.07) is 2.59. The van der Waals surface area contributed by atoms with Crippen LogP contribution < -0.4 is 10.5 Å². The van der Waals surface area contributed by atoms with Crippen molar-refractivity contribution in [2.24, 2.45) is 5.14 Å². The van der Waals surface area contributed by atoms with Gasteiger partial charge >= 0.3 is 0 Å². The van der Waals surface area contributed by atoms with Gasteiger partial charge in [-0.25, -0.2) is 13.6 Å². The van der Waals surface area contributed by atoms with Gasteiger partial charge in [-0.3, -0.25) is 5.32 Å². The van der Waals surface area contributed by atoms with Gasteiger partial charge in [-0.15, -0.1) is 0 Å². The summed E-state index contributed by atoms with van der Waals surface area (Å²) >= 11 is 0. The molecule has 0 radical (unpaired) electrons. The van der Waals surface area contributed by atoms with E-state index in [0.29, 0.717) is 0 Å². The van der Waals surface area contributed by atoms with Crippen LogP contribution in [-0.2, 0) is 16.6 Å². The SMILES string of the molecule is NS(=O)(=O)c1ccc(CNC(CO)(CO)CO)o1. The molecule has 104 valence electrons. The third kappa shape index (κ3) is 3.51. The second-order valence-electron chi connectivity index (χ2n) is 3.87. The standard InChI is InChI=1S/C9H16N2O6S/c10-18(15,16)8-2-1-7(17-8)3-11-9(4-12,5-13)6-14/h1-2,11-14H,3-6H2,(H2,10,15,16). The highest BCUT2D eigenvalue weighted by Crippen LogP contribution is 2.13. The lowest BCUT2D eigenvalue weighted by Crippen LogP contribution is -2.54. The number of rotatable bonds is 7. The fourth-order valence-electron chi connectivity index (χ4n) is 1.20. The fraction of sp³-hybridized carbons (Fsp3) is 0.556. The van der Waals surface area contributed by atoms with E-state index in [1.807, 2.05) is 0 Å².